The summed E-state index contributed by atoms with van der Waals surface area (Å²) in [7, 11) is -3.13. The van der Waals surface area contributed by atoms with Crippen LogP contribution in [0.2, 0.25) is 0 Å². The first-order valence-electron chi connectivity index (χ1n) is 6.26. The van der Waals surface area contributed by atoms with Gasteiger partial charge in [-0.05, 0) is 27.6 Å². The van der Waals surface area contributed by atoms with E-state index >= 15 is 0 Å². The van der Waals surface area contributed by atoms with Crippen LogP contribution in [0.1, 0.15) is 11.6 Å². The van der Waals surface area contributed by atoms with Crippen LogP contribution in [-0.2, 0) is 9.84 Å². The molecule has 2 heterocycles. The van der Waals surface area contributed by atoms with Crippen molar-refractivity contribution in [1.82, 2.24) is 9.88 Å². The van der Waals surface area contributed by atoms with Gasteiger partial charge >= 0.3 is 0 Å². The Labute approximate surface area is 132 Å². The topological polar surface area (TPSA) is 76.3 Å². The lowest BCUT2D eigenvalue weighted by Gasteiger charge is -2.39. The predicted molar refractivity (Wildman–Crippen MR) is 86.4 cm³/mol. The van der Waals surface area contributed by atoms with E-state index in [4.69, 9.17) is 5.73 Å². The van der Waals surface area contributed by atoms with Gasteiger partial charge in [0, 0.05) is 53.8 Å². The first-order valence-corrected chi connectivity index (χ1v) is 10.2. The van der Waals surface area contributed by atoms with Crippen molar-refractivity contribution >= 4 is 37.5 Å². The van der Waals surface area contributed by atoms with Crippen LogP contribution in [0.25, 0.3) is 0 Å². The van der Waals surface area contributed by atoms with Crippen molar-refractivity contribution in [3.05, 3.63) is 28.5 Å². The van der Waals surface area contributed by atoms with Gasteiger partial charge in [-0.25, -0.2) is 8.42 Å². The van der Waals surface area contributed by atoms with Crippen molar-refractivity contribution in [2.24, 2.45) is 5.73 Å². The molecule has 1 aliphatic heterocycles. The van der Waals surface area contributed by atoms with Crippen LogP contribution in [0.5, 0.6) is 0 Å². The number of nitrogens with zero attached hydrogens (tertiary/aromatic N) is 2. The number of halogens is 1. The first kappa shape index (κ1) is 16.2. The minimum Gasteiger partial charge on any atom is -0.329 e. The molecule has 0 saturated carbocycles. The van der Waals surface area contributed by atoms with Gasteiger partial charge in [0.2, 0.25) is 0 Å². The average molecular weight is 380 g/mol. The van der Waals surface area contributed by atoms with Crippen molar-refractivity contribution in [1.29, 1.82) is 0 Å². The highest BCUT2D eigenvalue weighted by molar-refractivity contribution is 9.10. The molecular formula is C12H18BrN3O2S2. The van der Waals surface area contributed by atoms with Crippen molar-refractivity contribution in [2.75, 3.05) is 30.9 Å². The van der Waals surface area contributed by atoms with Gasteiger partial charge in [-0.2, -0.15) is 11.8 Å². The Hall–Kier alpha value is -0.150. The van der Waals surface area contributed by atoms with E-state index in [0.29, 0.717) is 12.3 Å². The highest BCUT2D eigenvalue weighted by atomic mass is 79.9. The first-order chi connectivity index (χ1) is 9.43. The number of aromatic nitrogens is 1. The third-order valence-corrected chi connectivity index (χ3v) is 6.45. The molecule has 112 valence electrons. The smallest absolute Gasteiger partial charge is 0.164 e. The summed E-state index contributed by atoms with van der Waals surface area (Å²) >= 11 is 5.07. The summed E-state index contributed by atoms with van der Waals surface area (Å²) in [5.74, 6) is 1.51. The van der Waals surface area contributed by atoms with E-state index < -0.39 is 15.2 Å². The lowest BCUT2D eigenvalue weighted by Crippen LogP contribution is -2.50. The normalized spacial score (nSPS) is 22.6. The molecule has 20 heavy (non-hydrogen) atoms. The third-order valence-electron chi connectivity index (χ3n) is 3.35. The molecule has 0 amide bonds. The van der Waals surface area contributed by atoms with Crippen LogP contribution in [0, 0.1) is 0 Å². The summed E-state index contributed by atoms with van der Waals surface area (Å²) < 4.78 is 24.9. The summed E-state index contributed by atoms with van der Waals surface area (Å²) in [5.41, 5.74) is 6.85. The largest absolute Gasteiger partial charge is 0.329 e. The van der Waals surface area contributed by atoms with Crippen LogP contribution in [0.15, 0.2) is 22.9 Å². The molecule has 1 saturated heterocycles. The fraction of sp³-hybridized carbons (Fsp3) is 0.583. The molecule has 0 bridgehead atoms. The van der Waals surface area contributed by atoms with Gasteiger partial charge in [0.05, 0.1) is 0 Å². The van der Waals surface area contributed by atoms with Crippen molar-refractivity contribution in [3.8, 4) is 0 Å². The summed E-state index contributed by atoms with van der Waals surface area (Å²) in [6.07, 6.45) is 4.75. The number of hydrogen-bond donors (Lipinski definition) is 1. The standard InChI is InChI=1S/C12H18BrN3O2S2/c1-20(17,18)12-8-19-3-2-16(12)11(5-14)9-4-10(13)7-15-6-9/h4,6-7,11-12H,2-3,5,8,14H2,1H3. The van der Waals surface area contributed by atoms with Gasteiger partial charge in [-0.3, -0.25) is 9.88 Å². The molecule has 5 nitrogen and oxygen atoms in total. The van der Waals surface area contributed by atoms with Crippen LogP contribution in [0.3, 0.4) is 0 Å². The third kappa shape index (κ3) is 3.73. The Kier molecular flexibility index (Phi) is 5.47. The molecule has 0 aromatic carbocycles. The molecule has 1 aromatic rings. The van der Waals surface area contributed by atoms with Gasteiger partial charge in [0.15, 0.2) is 9.84 Å². The summed E-state index contributed by atoms with van der Waals surface area (Å²) in [4.78, 5) is 6.15. The molecule has 2 rings (SSSR count). The number of sulfone groups is 1. The maximum absolute atomic E-state index is 12.0. The van der Waals surface area contributed by atoms with Gasteiger partial charge in [0.1, 0.15) is 5.37 Å². The second-order valence-corrected chi connectivity index (χ2v) is 9.05. The van der Waals surface area contributed by atoms with Gasteiger partial charge < -0.3 is 5.73 Å². The Morgan fingerprint density at radius 1 is 1.60 bits per heavy atom. The maximum Gasteiger partial charge on any atom is 0.164 e. The quantitative estimate of drug-likeness (QED) is 0.848. The average Bonchev–Trinajstić information content (AvgIpc) is 2.39. The molecular weight excluding hydrogens is 362 g/mol. The molecule has 2 unspecified atom stereocenters. The zero-order valence-corrected chi connectivity index (χ0v) is 14.4. The number of rotatable bonds is 4. The van der Waals surface area contributed by atoms with E-state index in [0.717, 1.165) is 22.3 Å². The summed E-state index contributed by atoms with van der Waals surface area (Å²) in [6.45, 7) is 1.09. The van der Waals surface area contributed by atoms with Gasteiger partial charge in [-0.15, -0.1) is 0 Å². The molecule has 0 aliphatic carbocycles. The Balaban J connectivity index is 2.33. The Morgan fingerprint density at radius 3 is 2.95 bits per heavy atom. The Bertz CT molecular complexity index is 568. The molecule has 0 spiro atoms. The van der Waals surface area contributed by atoms with Crippen molar-refractivity contribution in [3.63, 3.8) is 0 Å². The molecule has 2 atom stereocenters. The molecule has 0 radical (unpaired) electrons. The van der Waals surface area contributed by atoms with Crippen LogP contribution in [-0.4, -0.2) is 54.5 Å². The Morgan fingerprint density at radius 2 is 2.35 bits per heavy atom. The number of nitrogens with two attached hydrogens (primary N) is 1. The second-order valence-electron chi connectivity index (χ2n) is 4.78. The molecule has 1 aromatic heterocycles. The molecule has 2 N–H and O–H groups in total. The highest BCUT2D eigenvalue weighted by Gasteiger charge is 2.35. The minimum atomic E-state index is -3.13. The number of thioether (sulfide) groups is 1. The van der Waals surface area contributed by atoms with E-state index in [2.05, 4.69) is 20.9 Å². The molecule has 1 fully saturated rings. The highest BCUT2D eigenvalue weighted by Crippen LogP contribution is 2.30. The number of hydrogen-bond acceptors (Lipinski definition) is 6. The zero-order valence-electron chi connectivity index (χ0n) is 11.2. The fourth-order valence-electron chi connectivity index (χ4n) is 2.39. The maximum atomic E-state index is 12.0. The molecule has 1 aliphatic rings. The van der Waals surface area contributed by atoms with Crippen LogP contribution < -0.4 is 5.73 Å². The lowest BCUT2D eigenvalue weighted by atomic mass is 10.1. The van der Waals surface area contributed by atoms with E-state index in [1.807, 2.05) is 11.0 Å². The molecule has 8 heteroatoms. The predicted octanol–water partition coefficient (Wildman–Crippen LogP) is 1.26. The number of pyridine rings is 1. The second kappa shape index (κ2) is 6.74. The summed E-state index contributed by atoms with van der Waals surface area (Å²) in [6, 6.07) is 1.83. The van der Waals surface area contributed by atoms with E-state index in [1.165, 1.54) is 6.26 Å². The van der Waals surface area contributed by atoms with Gasteiger partial charge in [0.25, 0.3) is 0 Å². The fourth-order valence-corrected chi connectivity index (χ4v) is 5.70. The zero-order chi connectivity index (χ0) is 14.8. The monoisotopic (exact) mass is 379 g/mol. The lowest BCUT2D eigenvalue weighted by molar-refractivity contribution is 0.197. The minimum absolute atomic E-state index is 0.124. The van der Waals surface area contributed by atoms with E-state index in [9.17, 15) is 8.42 Å². The van der Waals surface area contributed by atoms with E-state index in [1.54, 1.807) is 24.2 Å². The van der Waals surface area contributed by atoms with Crippen molar-refractivity contribution in [2.45, 2.75) is 11.4 Å². The van der Waals surface area contributed by atoms with Gasteiger partial charge in [-0.1, -0.05) is 0 Å². The summed E-state index contributed by atoms with van der Waals surface area (Å²) in [5, 5.41) is -0.478. The van der Waals surface area contributed by atoms with Crippen molar-refractivity contribution < 1.29 is 8.42 Å². The SMILES string of the molecule is CS(=O)(=O)C1CSCCN1C(CN)c1cncc(Br)c1. The van der Waals surface area contributed by atoms with Crippen LogP contribution in [0.4, 0.5) is 0 Å². The van der Waals surface area contributed by atoms with E-state index in [-0.39, 0.29) is 6.04 Å². The van der Waals surface area contributed by atoms with Crippen LogP contribution >= 0.6 is 27.7 Å².